The smallest absolute Gasteiger partial charge is 0.325 e. The summed E-state index contributed by atoms with van der Waals surface area (Å²) in [5.41, 5.74) is -0.910. The molecule has 7 heteroatoms. The van der Waals surface area contributed by atoms with E-state index in [0.717, 1.165) is 0 Å². The van der Waals surface area contributed by atoms with E-state index in [1.807, 2.05) is 4.98 Å². The van der Waals surface area contributed by atoms with Crippen molar-refractivity contribution in [2.24, 2.45) is 0 Å². The predicted molar refractivity (Wildman–Crippen MR) is 56.1 cm³/mol. The van der Waals surface area contributed by atoms with E-state index in [1.54, 1.807) is 6.92 Å². The van der Waals surface area contributed by atoms with Gasteiger partial charge in [-0.1, -0.05) is 6.92 Å². The molecule has 1 heterocycles. The summed E-state index contributed by atoms with van der Waals surface area (Å²) in [7, 11) is 0. The Balaban J connectivity index is 3.19. The van der Waals surface area contributed by atoms with Crippen LogP contribution in [0.5, 0.6) is 0 Å². The molecule has 0 aromatic carbocycles. The molecule has 0 aliphatic rings. The van der Waals surface area contributed by atoms with Crippen molar-refractivity contribution in [3.8, 4) is 0 Å². The SMILES string of the molecule is CC(CC(=O)O)c1[nH]c(=O)[nH]c(=O)c1Br. The molecule has 0 saturated heterocycles. The highest BCUT2D eigenvalue weighted by Crippen LogP contribution is 2.20. The molecule has 0 saturated carbocycles. The molecule has 1 aromatic rings. The minimum Gasteiger partial charge on any atom is -0.481 e. The Bertz CT molecular complexity index is 490. The second kappa shape index (κ2) is 4.43. The number of rotatable bonds is 3. The Morgan fingerprint density at radius 1 is 1.47 bits per heavy atom. The van der Waals surface area contributed by atoms with Gasteiger partial charge in [-0.05, 0) is 15.9 Å². The maximum Gasteiger partial charge on any atom is 0.325 e. The summed E-state index contributed by atoms with van der Waals surface area (Å²) in [6, 6.07) is 0. The van der Waals surface area contributed by atoms with Crippen LogP contribution in [0, 0.1) is 0 Å². The number of aromatic amines is 2. The number of aromatic nitrogens is 2. The fraction of sp³-hybridized carbons (Fsp3) is 0.375. The number of aliphatic carboxylic acids is 1. The van der Waals surface area contributed by atoms with E-state index in [1.165, 1.54) is 0 Å². The largest absolute Gasteiger partial charge is 0.481 e. The van der Waals surface area contributed by atoms with E-state index in [4.69, 9.17) is 5.11 Å². The van der Waals surface area contributed by atoms with E-state index in [0.29, 0.717) is 5.69 Å². The monoisotopic (exact) mass is 276 g/mol. The molecule has 1 rings (SSSR count). The van der Waals surface area contributed by atoms with Gasteiger partial charge in [-0.2, -0.15) is 0 Å². The topological polar surface area (TPSA) is 103 Å². The average Bonchev–Trinajstić information content (AvgIpc) is 2.09. The third-order valence-electron chi connectivity index (χ3n) is 1.88. The lowest BCUT2D eigenvalue weighted by atomic mass is 10.0. The Hall–Kier alpha value is -1.37. The molecule has 82 valence electrons. The molecular formula is C8H9BrN2O4. The molecule has 0 aliphatic heterocycles. The first-order valence-electron chi connectivity index (χ1n) is 4.15. The van der Waals surface area contributed by atoms with Crippen LogP contribution in [0.15, 0.2) is 14.1 Å². The zero-order chi connectivity index (χ0) is 11.6. The summed E-state index contributed by atoms with van der Waals surface area (Å²) in [4.78, 5) is 37.1. The van der Waals surface area contributed by atoms with Crippen LogP contribution >= 0.6 is 15.9 Å². The van der Waals surface area contributed by atoms with Crippen molar-refractivity contribution in [1.29, 1.82) is 0 Å². The van der Waals surface area contributed by atoms with Crippen LogP contribution < -0.4 is 11.2 Å². The van der Waals surface area contributed by atoms with E-state index in [2.05, 4.69) is 20.9 Å². The number of halogens is 1. The minimum atomic E-state index is -0.990. The highest BCUT2D eigenvalue weighted by molar-refractivity contribution is 9.10. The van der Waals surface area contributed by atoms with Crippen molar-refractivity contribution in [3.63, 3.8) is 0 Å². The van der Waals surface area contributed by atoms with Gasteiger partial charge in [0.1, 0.15) is 4.47 Å². The van der Waals surface area contributed by atoms with Gasteiger partial charge in [-0.15, -0.1) is 0 Å². The van der Waals surface area contributed by atoms with Gasteiger partial charge in [-0.3, -0.25) is 14.6 Å². The number of carbonyl (C=O) groups is 1. The quantitative estimate of drug-likeness (QED) is 0.744. The number of carboxylic acids is 1. The van der Waals surface area contributed by atoms with Crippen molar-refractivity contribution in [2.75, 3.05) is 0 Å². The Labute approximate surface area is 92.5 Å². The van der Waals surface area contributed by atoms with Crippen molar-refractivity contribution in [2.45, 2.75) is 19.3 Å². The van der Waals surface area contributed by atoms with Gasteiger partial charge in [0, 0.05) is 11.6 Å². The first kappa shape index (κ1) is 11.7. The van der Waals surface area contributed by atoms with Gasteiger partial charge in [0.25, 0.3) is 5.56 Å². The molecule has 0 radical (unpaired) electrons. The summed E-state index contributed by atoms with van der Waals surface area (Å²) in [6.45, 7) is 1.61. The van der Waals surface area contributed by atoms with E-state index in [9.17, 15) is 14.4 Å². The minimum absolute atomic E-state index is 0.155. The normalized spacial score (nSPS) is 12.4. The van der Waals surface area contributed by atoms with Crippen LogP contribution in [0.1, 0.15) is 25.0 Å². The molecule has 0 aliphatic carbocycles. The molecule has 1 aromatic heterocycles. The van der Waals surface area contributed by atoms with E-state index >= 15 is 0 Å². The summed E-state index contributed by atoms with van der Waals surface area (Å²) < 4.78 is 0.163. The van der Waals surface area contributed by atoms with Gasteiger partial charge in [0.2, 0.25) is 0 Å². The maximum atomic E-state index is 11.2. The highest BCUT2D eigenvalue weighted by atomic mass is 79.9. The Kier molecular flexibility index (Phi) is 3.46. The van der Waals surface area contributed by atoms with Gasteiger partial charge in [0.15, 0.2) is 0 Å². The molecule has 3 N–H and O–H groups in total. The zero-order valence-electron chi connectivity index (χ0n) is 7.83. The second-order valence-corrected chi connectivity index (χ2v) is 3.93. The lowest BCUT2D eigenvalue weighted by molar-refractivity contribution is -0.137. The number of H-pyrrole nitrogens is 2. The lowest BCUT2D eigenvalue weighted by Gasteiger charge is -2.09. The molecule has 0 amide bonds. The van der Waals surface area contributed by atoms with E-state index in [-0.39, 0.29) is 10.9 Å². The summed E-state index contributed by atoms with van der Waals surface area (Å²) in [5.74, 6) is -1.43. The average molecular weight is 277 g/mol. The van der Waals surface area contributed by atoms with Crippen LogP contribution in [0.3, 0.4) is 0 Å². The van der Waals surface area contributed by atoms with E-state index < -0.39 is 23.1 Å². The van der Waals surface area contributed by atoms with Crippen molar-refractivity contribution in [1.82, 2.24) is 9.97 Å². The van der Waals surface area contributed by atoms with Crippen LogP contribution in [0.2, 0.25) is 0 Å². The first-order chi connectivity index (χ1) is 6.91. The number of carboxylic acid groups (broad SMARTS) is 1. The van der Waals surface area contributed by atoms with Gasteiger partial charge >= 0.3 is 11.7 Å². The van der Waals surface area contributed by atoms with Crippen molar-refractivity contribution >= 4 is 21.9 Å². The summed E-state index contributed by atoms with van der Waals surface area (Å²) >= 11 is 3.00. The molecule has 15 heavy (non-hydrogen) atoms. The number of hydrogen-bond donors (Lipinski definition) is 3. The molecular weight excluding hydrogens is 268 g/mol. The third-order valence-corrected chi connectivity index (χ3v) is 2.67. The fourth-order valence-corrected chi connectivity index (χ4v) is 1.78. The van der Waals surface area contributed by atoms with Gasteiger partial charge in [-0.25, -0.2) is 4.79 Å². The number of hydrogen-bond acceptors (Lipinski definition) is 3. The summed E-state index contributed by atoms with van der Waals surface area (Å²) in [6.07, 6.45) is -0.155. The highest BCUT2D eigenvalue weighted by Gasteiger charge is 2.16. The zero-order valence-corrected chi connectivity index (χ0v) is 9.42. The standard InChI is InChI=1S/C8H9BrN2O4/c1-3(2-4(12)13)6-5(9)7(14)11-8(15)10-6/h3H,2H2,1H3,(H,12,13)(H2,10,11,14,15). The predicted octanol–water partition coefficient (Wildman–Crippen LogP) is 0.404. The number of nitrogens with one attached hydrogen (secondary N) is 2. The van der Waals surface area contributed by atoms with Crippen LogP contribution in [-0.2, 0) is 4.79 Å². The van der Waals surface area contributed by atoms with Crippen LogP contribution in [0.25, 0.3) is 0 Å². The van der Waals surface area contributed by atoms with Gasteiger partial charge < -0.3 is 10.1 Å². The first-order valence-corrected chi connectivity index (χ1v) is 4.95. The molecule has 0 spiro atoms. The van der Waals surface area contributed by atoms with Crippen molar-refractivity contribution < 1.29 is 9.90 Å². The molecule has 6 nitrogen and oxygen atoms in total. The van der Waals surface area contributed by atoms with Crippen LogP contribution in [0.4, 0.5) is 0 Å². The summed E-state index contributed by atoms with van der Waals surface area (Å²) in [5, 5.41) is 8.58. The van der Waals surface area contributed by atoms with Crippen molar-refractivity contribution in [3.05, 3.63) is 31.0 Å². The molecule has 1 atom stereocenters. The van der Waals surface area contributed by atoms with Gasteiger partial charge in [0.05, 0.1) is 6.42 Å². The Morgan fingerprint density at radius 2 is 2.07 bits per heavy atom. The Morgan fingerprint density at radius 3 is 2.60 bits per heavy atom. The molecule has 0 fully saturated rings. The lowest BCUT2D eigenvalue weighted by Crippen LogP contribution is -2.26. The second-order valence-electron chi connectivity index (χ2n) is 3.13. The van der Waals surface area contributed by atoms with Crippen LogP contribution in [-0.4, -0.2) is 21.0 Å². The third kappa shape index (κ3) is 2.79. The maximum absolute atomic E-state index is 11.2. The molecule has 1 unspecified atom stereocenters. The molecule has 0 bridgehead atoms. The fourth-order valence-electron chi connectivity index (χ4n) is 1.19.